The van der Waals surface area contributed by atoms with Gasteiger partial charge in [0, 0.05) is 10.9 Å². The van der Waals surface area contributed by atoms with Crippen molar-refractivity contribution in [3.8, 4) is 0 Å². The van der Waals surface area contributed by atoms with Gasteiger partial charge in [-0.2, -0.15) is 0 Å². The van der Waals surface area contributed by atoms with Gasteiger partial charge in [-0.1, -0.05) is 6.42 Å². The van der Waals surface area contributed by atoms with Crippen LogP contribution < -0.4 is 11.1 Å². The number of carbonyl (C=O) groups excluding carboxylic acids is 1. The number of rotatable bonds is 3. The molecule has 1 heterocycles. The van der Waals surface area contributed by atoms with Gasteiger partial charge in [-0.25, -0.2) is 0 Å². The average Bonchev–Trinajstić information content (AvgIpc) is 2.86. The minimum atomic E-state index is 0. The van der Waals surface area contributed by atoms with E-state index in [4.69, 9.17) is 5.73 Å². The third kappa shape index (κ3) is 3.25. The van der Waals surface area contributed by atoms with Gasteiger partial charge in [0.05, 0.1) is 4.88 Å². The van der Waals surface area contributed by atoms with Crippen molar-refractivity contribution >= 4 is 29.7 Å². The molecule has 1 aromatic heterocycles. The maximum Gasteiger partial charge on any atom is 0.261 e. The van der Waals surface area contributed by atoms with Crippen LogP contribution in [0.4, 0.5) is 0 Å². The van der Waals surface area contributed by atoms with E-state index in [0.717, 1.165) is 17.7 Å². The normalized spacial score (nSPS) is 22.6. The minimum Gasteiger partial charge on any atom is -0.348 e. The van der Waals surface area contributed by atoms with E-state index >= 15 is 0 Å². The lowest BCUT2D eigenvalue weighted by molar-refractivity contribution is 0.0933. The van der Waals surface area contributed by atoms with Crippen molar-refractivity contribution < 1.29 is 4.79 Å². The highest BCUT2D eigenvalue weighted by Crippen LogP contribution is 2.26. The topological polar surface area (TPSA) is 55.1 Å². The van der Waals surface area contributed by atoms with E-state index in [0.29, 0.717) is 12.5 Å². The highest BCUT2D eigenvalue weighted by Gasteiger charge is 2.27. The number of amides is 1. The molecule has 2 unspecified atom stereocenters. The summed E-state index contributed by atoms with van der Waals surface area (Å²) >= 11 is 1.57. The molecule has 0 bridgehead atoms. The van der Waals surface area contributed by atoms with Gasteiger partial charge in [-0.3, -0.25) is 4.79 Å². The van der Waals surface area contributed by atoms with Gasteiger partial charge in [-0.15, -0.1) is 23.7 Å². The highest BCUT2D eigenvalue weighted by molar-refractivity contribution is 7.14. The summed E-state index contributed by atoms with van der Waals surface area (Å²) in [7, 11) is 0. The van der Waals surface area contributed by atoms with E-state index in [1.807, 2.05) is 13.0 Å². The van der Waals surface area contributed by atoms with Gasteiger partial charge in [0.15, 0.2) is 0 Å². The smallest absolute Gasteiger partial charge is 0.261 e. The fraction of sp³-hybridized carbons (Fsp3) is 0.615. The van der Waals surface area contributed by atoms with Gasteiger partial charge in [0.25, 0.3) is 5.91 Å². The molecule has 1 fully saturated rings. The Hall–Kier alpha value is -0.580. The van der Waals surface area contributed by atoms with Crippen LogP contribution in [0.5, 0.6) is 0 Å². The van der Waals surface area contributed by atoms with Crippen LogP contribution in [-0.4, -0.2) is 18.5 Å². The first-order valence-corrected chi connectivity index (χ1v) is 7.01. The standard InChI is InChI=1S/C13H20N2OS.ClH/c1-8-6-12(17-9(8)2)13(16)15-11-5-3-4-10(11)7-14;/h6,10-11H,3-5,7,14H2,1-2H3,(H,15,16);1H. The van der Waals surface area contributed by atoms with E-state index in [9.17, 15) is 4.79 Å². The summed E-state index contributed by atoms with van der Waals surface area (Å²) in [5.74, 6) is 0.526. The highest BCUT2D eigenvalue weighted by atomic mass is 35.5. The van der Waals surface area contributed by atoms with Gasteiger partial charge < -0.3 is 11.1 Å². The first-order chi connectivity index (χ1) is 8.11. The molecule has 1 aromatic rings. The molecule has 0 aliphatic heterocycles. The predicted octanol–water partition coefficient (Wildman–Crippen LogP) is 2.64. The van der Waals surface area contributed by atoms with Crippen LogP contribution in [0.3, 0.4) is 0 Å². The largest absolute Gasteiger partial charge is 0.348 e. The summed E-state index contributed by atoms with van der Waals surface area (Å²) in [6, 6.07) is 2.25. The predicted molar refractivity (Wildman–Crippen MR) is 78.7 cm³/mol. The average molecular weight is 289 g/mol. The first-order valence-electron chi connectivity index (χ1n) is 6.19. The van der Waals surface area contributed by atoms with Crippen molar-refractivity contribution in [3.05, 3.63) is 21.4 Å². The summed E-state index contributed by atoms with van der Waals surface area (Å²) in [4.78, 5) is 14.1. The molecule has 0 spiro atoms. The van der Waals surface area contributed by atoms with Crippen molar-refractivity contribution in [3.63, 3.8) is 0 Å². The number of hydrogen-bond acceptors (Lipinski definition) is 3. The Morgan fingerprint density at radius 1 is 1.50 bits per heavy atom. The molecule has 2 atom stereocenters. The molecular formula is C13H21ClN2OS. The molecule has 2 rings (SSSR count). The zero-order chi connectivity index (χ0) is 12.4. The molecule has 1 saturated carbocycles. The lowest BCUT2D eigenvalue weighted by Crippen LogP contribution is -2.39. The maximum absolute atomic E-state index is 12.1. The van der Waals surface area contributed by atoms with Crippen molar-refractivity contribution in [2.24, 2.45) is 11.7 Å². The van der Waals surface area contributed by atoms with Gasteiger partial charge in [-0.05, 0) is 50.8 Å². The molecule has 18 heavy (non-hydrogen) atoms. The molecule has 3 N–H and O–H groups in total. The molecule has 1 aliphatic rings. The van der Waals surface area contributed by atoms with Gasteiger partial charge in [0.2, 0.25) is 0 Å². The molecule has 5 heteroatoms. The summed E-state index contributed by atoms with van der Waals surface area (Å²) in [6.45, 7) is 4.77. The SMILES string of the molecule is Cc1cc(C(=O)NC2CCCC2CN)sc1C.Cl. The number of nitrogens with two attached hydrogens (primary N) is 1. The molecule has 102 valence electrons. The van der Waals surface area contributed by atoms with Crippen LogP contribution in [0.15, 0.2) is 6.07 Å². The summed E-state index contributed by atoms with van der Waals surface area (Å²) < 4.78 is 0. The molecule has 0 saturated heterocycles. The number of hydrogen-bond donors (Lipinski definition) is 2. The van der Waals surface area contributed by atoms with Gasteiger partial charge in [0.1, 0.15) is 0 Å². The number of aryl methyl sites for hydroxylation is 2. The van der Waals surface area contributed by atoms with Gasteiger partial charge >= 0.3 is 0 Å². The lowest BCUT2D eigenvalue weighted by Gasteiger charge is -2.18. The van der Waals surface area contributed by atoms with Crippen LogP contribution >= 0.6 is 23.7 Å². The Morgan fingerprint density at radius 3 is 2.78 bits per heavy atom. The van der Waals surface area contributed by atoms with E-state index in [-0.39, 0.29) is 24.4 Å². The quantitative estimate of drug-likeness (QED) is 0.898. The molecule has 0 radical (unpaired) electrons. The second-order valence-corrected chi connectivity index (χ2v) is 6.11. The lowest BCUT2D eigenvalue weighted by atomic mass is 10.0. The van der Waals surface area contributed by atoms with Crippen LogP contribution in [0, 0.1) is 19.8 Å². The minimum absolute atomic E-state index is 0. The molecule has 3 nitrogen and oxygen atoms in total. The summed E-state index contributed by atoms with van der Waals surface area (Å²) in [5, 5.41) is 3.13. The number of nitrogens with one attached hydrogen (secondary N) is 1. The molecule has 1 amide bonds. The Kier molecular flexibility index (Phi) is 5.63. The van der Waals surface area contributed by atoms with E-state index in [2.05, 4.69) is 12.2 Å². The number of carbonyl (C=O) groups is 1. The monoisotopic (exact) mass is 288 g/mol. The van der Waals surface area contributed by atoms with Crippen LogP contribution in [0.25, 0.3) is 0 Å². The number of halogens is 1. The second kappa shape index (κ2) is 6.55. The van der Waals surface area contributed by atoms with E-state index in [1.54, 1.807) is 11.3 Å². The maximum atomic E-state index is 12.1. The van der Waals surface area contributed by atoms with E-state index in [1.165, 1.54) is 16.9 Å². The summed E-state index contributed by atoms with van der Waals surface area (Å²) in [6.07, 6.45) is 3.39. The molecular weight excluding hydrogens is 268 g/mol. The first kappa shape index (κ1) is 15.5. The molecule has 0 aromatic carbocycles. The zero-order valence-electron chi connectivity index (χ0n) is 10.9. The van der Waals surface area contributed by atoms with Crippen molar-refractivity contribution in [2.45, 2.75) is 39.2 Å². The Balaban J connectivity index is 0.00000162. The third-order valence-electron chi connectivity index (χ3n) is 3.67. The van der Waals surface area contributed by atoms with E-state index < -0.39 is 0 Å². The Labute approximate surface area is 119 Å². The Bertz CT molecular complexity index is 400. The second-order valence-electron chi connectivity index (χ2n) is 4.86. The fourth-order valence-corrected chi connectivity index (χ4v) is 3.37. The zero-order valence-corrected chi connectivity index (χ0v) is 12.5. The van der Waals surface area contributed by atoms with Crippen molar-refractivity contribution in [1.29, 1.82) is 0 Å². The van der Waals surface area contributed by atoms with Crippen LogP contribution in [0.2, 0.25) is 0 Å². The summed E-state index contributed by atoms with van der Waals surface area (Å²) in [5.41, 5.74) is 6.91. The number of thiophene rings is 1. The Morgan fingerprint density at radius 2 is 2.22 bits per heavy atom. The van der Waals surface area contributed by atoms with Crippen LogP contribution in [0.1, 0.15) is 39.4 Å². The van der Waals surface area contributed by atoms with Crippen LogP contribution in [-0.2, 0) is 0 Å². The fourth-order valence-electron chi connectivity index (χ4n) is 2.43. The van der Waals surface area contributed by atoms with Crippen molar-refractivity contribution in [1.82, 2.24) is 5.32 Å². The van der Waals surface area contributed by atoms with Crippen molar-refractivity contribution in [2.75, 3.05) is 6.54 Å². The third-order valence-corrected chi connectivity index (χ3v) is 4.82. The molecule has 1 aliphatic carbocycles.